The Hall–Kier alpha value is -1.96. The van der Waals surface area contributed by atoms with Gasteiger partial charge in [-0.05, 0) is 72.3 Å². The van der Waals surface area contributed by atoms with E-state index in [0.717, 1.165) is 49.7 Å². The molecule has 180 valence electrons. The summed E-state index contributed by atoms with van der Waals surface area (Å²) in [5, 5.41) is 0. The fraction of sp³-hybridized carbons (Fsp3) is 0.613. The Morgan fingerprint density at radius 3 is 1.94 bits per heavy atom. The van der Waals surface area contributed by atoms with E-state index in [9.17, 15) is 9.59 Å². The van der Waals surface area contributed by atoms with Crippen molar-refractivity contribution in [3.8, 4) is 0 Å². The molecule has 3 rings (SSSR count). The van der Waals surface area contributed by atoms with Crippen LogP contribution >= 0.6 is 0 Å². The van der Waals surface area contributed by atoms with E-state index >= 15 is 0 Å². The van der Waals surface area contributed by atoms with Crippen LogP contribution in [-0.2, 0) is 9.59 Å². The van der Waals surface area contributed by atoms with Gasteiger partial charge in [0.15, 0.2) is 11.6 Å². The van der Waals surface area contributed by atoms with Crippen molar-refractivity contribution in [2.24, 2.45) is 34.5 Å². The Labute approximate surface area is 202 Å². The van der Waals surface area contributed by atoms with Crippen molar-refractivity contribution < 1.29 is 9.59 Å². The lowest BCUT2D eigenvalue weighted by atomic mass is 9.61. The first-order chi connectivity index (χ1) is 15.5. The Bertz CT molecular complexity index is 934. The van der Waals surface area contributed by atoms with Gasteiger partial charge in [0.25, 0.3) is 0 Å². The van der Waals surface area contributed by atoms with Crippen LogP contribution in [-0.4, -0.2) is 11.6 Å². The van der Waals surface area contributed by atoms with E-state index in [-0.39, 0.29) is 34.5 Å². The monoisotopic (exact) mass is 448 g/mol. The molecule has 3 aliphatic carbocycles. The zero-order chi connectivity index (χ0) is 24.6. The van der Waals surface area contributed by atoms with E-state index in [1.165, 1.54) is 11.1 Å². The van der Waals surface area contributed by atoms with Gasteiger partial charge in [0.05, 0.1) is 0 Å². The second-order valence-electron chi connectivity index (χ2n) is 11.6. The van der Waals surface area contributed by atoms with Gasteiger partial charge in [-0.15, -0.1) is 6.58 Å². The molecule has 1 unspecified atom stereocenters. The number of ketones is 2. The van der Waals surface area contributed by atoms with Crippen molar-refractivity contribution in [1.82, 2.24) is 0 Å². The van der Waals surface area contributed by atoms with Gasteiger partial charge in [-0.3, -0.25) is 9.59 Å². The van der Waals surface area contributed by atoms with Gasteiger partial charge < -0.3 is 0 Å². The lowest BCUT2D eigenvalue weighted by Gasteiger charge is -2.42. The zero-order valence-corrected chi connectivity index (χ0v) is 22.0. The zero-order valence-electron chi connectivity index (χ0n) is 22.0. The van der Waals surface area contributed by atoms with Gasteiger partial charge in [0.1, 0.15) is 0 Å². The molecule has 4 atom stereocenters. The Balaban J connectivity index is 2.29. The summed E-state index contributed by atoms with van der Waals surface area (Å²) in [5.74, 6) is 1.00. The van der Waals surface area contributed by atoms with E-state index < -0.39 is 0 Å². The Morgan fingerprint density at radius 2 is 1.39 bits per heavy atom. The lowest BCUT2D eigenvalue weighted by Crippen LogP contribution is -2.39. The summed E-state index contributed by atoms with van der Waals surface area (Å²) in [6, 6.07) is 0. The highest BCUT2D eigenvalue weighted by Crippen LogP contribution is 2.49. The molecule has 0 aromatic rings. The van der Waals surface area contributed by atoms with E-state index in [2.05, 4.69) is 79.3 Å². The summed E-state index contributed by atoms with van der Waals surface area (Å²) in [5.41, 5.74) is 4.22. The van der Waals surface area contributed by atoms with Crippen LogP contribution in [0.3, 0.4) is 0 Å². The van der Waals surface area contributed by atoms with Gasteiger partial charge in [0, 0.05) is 23.0 Å². The first-order valence-electron chi connectivity index (χ1n) is 13.0. The second kappa shape index (κ2) is 9.72. The smallest absolute Gasteiger partial charge is 0.163 e. The van der Waals surface area contributed by atoms with Crippen LogP contribution < -0.4 is 0 Å². The van der Waals surface area contributed by atoms with Crippen molar-refractivity contribution in [2.45, 2.75) is 87.0 Å². The molecule has 0 bridgehead atoms. The SMILES string of the molecule is C=CCC[C@H]1C(=O)C(C(C)(C)CC)=C/C(=C2/C=C(C(C)(C)CC)C(=O)[C@@H]3CC=CC[C@H]23)C1C. The van der Waals surface area contributed by atoms with E-state index in [4.69, 9.17) is 0 Å². The molecule has 0 N–H and O–H groups in total. The molecule has 0 fully saturated rings. The average Bonchev–Trinajstić information content (AvgIpc) is 2.79. The molecule has 0 amide bonds. The van der Waals surface area contributed by atoms with Gasteiger partial charge in [0.2, 0.25) is 0 Å². The molecular formula is C31H44O2. The minimum atomic E-state index is -0.166. The fourth-order valence-corrected chi connectivity index (χ4v) is 5.74. The highest BCUT2D eigenvalue weighted by atomic mass is 16.1. The molecule has 2 heteroatoms. The lowest BCUT2D eigenvalue weighted by molar-refractivity contribution is -0.123. The number of rotatable bonds is 7. The van der Waals surface area contributed by atoms with Crippen LogP contribution in [0.4, 0.5) is 0 Å². The summed E-state index contributed by atoms with van der Waals surface area (Å²) in [6.45, 7) is 19.2. The summed E-state index contributed by atoms with van der Waals surface area (Å²) >= 11 is 0. The molecule has 2 nitrogen and oxygen atoms in total. The molecule has 3 aliphatic rings. The predicted octanol–water partition coefficient (Wildman–Crippen LogP) is 7.97. The quantitative estimate of drug-likeness (QED) is 0.370. The van der Waals surface area contributed by atoms with Crippen LogP contribution in [0.15, 0.2) is 59.3 Å². The van der Waals surface area contributed by atoms with Gasteiger partial charge in [-0.2, -0.15) is 0 Å². The van der Waals surface area contributed by atoms with E-state index in [0.29, 0.717) is 11.6 Å². The highest BCUT2D eigenvalue weighted by molar-refractivity contribution is 6.02. The van der Waals surface area contributed by atoms with Crippen molar-refractivity contribution in [2.75, 3.05) is 0 Å². The molecule has 0 heterocycles. The number of carbonyl (C=O) groups excluding carboxylic acids is 2. The van der Waals surface area contributed by atoms with Crippen LogP contribution in [0, 0.1) is 34.5 Å². The van der Waals surface area contributed by atoms with Crippen LogP contribution in [0.25, 0.3) is 0 Å². The summed E-state index contributed by atoms with van der Waals surface area (Å²) in [4.78, 5) is 27.3. The maximum atomic E-state index is 13.7. The third-order valence-electron chi connectivity index (χ3n) is 8.97. The maximum Gasteiger partial charge on any atom is 0.163 e. The molecule has 0 aliphatic heterocycles. The van der Waals surface area contributed by atoms with Gasteiger partial charge in [-0.25, -0.2) is 0 Å². The molecule has 0 saturated heterocycles. The third-order valence-corrected chi connectivity index (χ3v) is 8.97. The maximum absolute atomic E-state index is 13.7. The van der Waals surface area contributed by atoms with Crippen LogP contribution in [0.1, 0.15) is 87.0 Å². The van der Waals surface area contributed by atoms with Crippen molar-refractivity contribution in [3.05, 3.63) is 59.3 Å². The number of hydrogen-bond acceptors (Lipinski definition) is 2. The predicted molar refractivity (Wildman–Crippen MR) is 139 cm³/mol. The van der Waals surface area contributed by atoms with E-state index in [1.807, 2.05) is 6.08 Å². The molecule has 0 aromatic heterocycles. The first-order valence-corrected chi connectivity index (χ1v) is 13.0. The Kier molecular flexibility index (Phi) is 7.56. The Morgan fingerprint density at radius 1 is 0.879 bits per heavy atom. The van der Waals surface area contributed by atoms with Gasteiger partial charge >= 0.3 is 0 Å². The normalized spacial score (nSPS) is 30.6. The van der Waals surface area contributed by atoms with E-state index in [1.54, 1.807) is 0 Å². The molecular weight excluding hydrogens is 404 g/mol. The minimum Gasteiger partial charge on any atom is -0.294 e. The number of fused-ring (bicyclic) bond motifs is 1. The first kappa shape index (κ1) is 25.7. The number of carbonyl (C=O) groups is 2. The molecule has 33 heavy (non-hydrogen) atoms. The average molecular weight is 449 g/mol. The van der Waals surface area contributed by atoms with Crippen LogP contribution in [0.5, 0.6) is 0 Å². The van der Waals surface area contributed by atoms with Crippen molar-refractivity contribution in [3.63, 3.8) is 0 Å². The summed E-state index contributed by atoms with van der Waals surface area (Å²) in [7, 11) is 0. The molecule has 0 spiro atoms. The summed E-state index contributed by atoms with van der Waals surface area (Å²) < 4.78 is 0. The van der Waals surface area contributed by atoms with Gasteiger partial charge in [-0.1, -0.05) is 78.8 Å². The fourth-order valence-electron chi connectivity index (χ4n) is 5.74. The van der Waals surface area contributed by atoms with Crippen LogP contribution in [0.2, 0.25) is 0 Å². The second-order valence-corrected chi connectivity index (χ2v) is 11.6. The molecule has 0 aromatic carbocycles. The number of hydrogen-bond donors (Lipinski definition) is 0. The molecule has 0 radical (unpaired) electrons. The standard InChI is InChI=1S/C31H44O2/c1-9-12-15-21-20(4)24(18-26(28(21)32)30(5,6)10-2)25-19-27(31(7,8)11-3)29(33)23-17-14-13-16-22(23)25/h9,13-14,18-23H,1,10-12,15-17H2,2-8H3/b25-24+/t20?,21-,22+,23-/m1/s1. The topological polar surface area (TPSA) is 34.1 Å². The minimum absolute atomic E-state index is 0.0239. The van der Waals surface area contributed by atoms with Crippen molar-refractivity contribution in [1.29, 1.82) is 0 Å². The number of allylic oxidation sites excluding steroid dienone is 9. The van der Waals surface area contributed by atoms with Crippen molar-refractivity contribution >= 4 is 11.6 Å². The molecule has 0 saturated carbocycles. The number of Topliss-reactive ketones (excluding diaryl/α,β-unsaturated/α-hetero) is 2. The summed E-state index contributed by atoms with van der Waals surface area (Å²) in [6.07, 6.45) is 16.1. The largest absolute Gasteiger partial charge is 0.294 e. The highest BCUT2D eigenvalue weighted by Gasteiger charge is 2.44. The third kappa shape index (κ3) is 4.68.